The minimum absolute atomic E-state index is 0.0328. The molecule has 7 aliphatic rings. The molecule has 7 N–H and O–H groups in total. The Morgan fingerprint density at radius 1 is 1.06 bits per heavy atom. The molecule has 4 bridgehead atoms. The van der Waals surface area contributed by atoms with Crippen LogP contribution in [0.4, 0.5) is 0 Å². The smallest absolute Gasteiger partial charge is 0.341 e. The van der Waals surface area contributed by atoms with Crippen molar-refractivity contribution < 1.29 is 59.5 Å². The fourth-order valence-electron chi connectivity index (χ4n) is 12.5. The Bertz CT molecular complexity index is 1390. The molecule has 0 unspecified atom stereocenters. The number of carbonyl (C=O) groups excluding carboxylic acids is 2. The number of piperidine rings is 2. The fourth-order valence-corrected chi connectivity index (χ4v) is 12.5. The normalized spacial score (nSPS) is 54.6. The third-order valence-corrected chi connectivity index (χ3v) is 15.5. The first-order valence-corrected chi connectivity index (χ1v) is 18.9. The number of carbonyl (C=O) groups is 2. The third kappa shape index (κ3) is 4.57. The van der Waals surface area contributed by atoms with Gasteiger partial charge in [0.2, 0.25) is 5.79 Å². The summed E-state index contributed by atoms with van der Waals surface area (Å²) in [5.41, 5.74) is -7.89. The van der Waals surface area contributed by atoms with Crippen LogP contribution in [0.3, 0.4) is 0 Å². The number of ether oxygens (including phenoxy) is 3. The van der Waals surface area contributed by atoms with Crippen molar-refractivity contribution in [1.29, 1.82) is 0 Å². The Balaban J connectivity index is 1.34. The molecule has 4 saturated carbocycles. The molecule has 7 fully saturated rings. The summed E-state index contributed by atoms with van der Waals surface area (Å²) in [7, 11) is 0. The summed E-state index contributed by atoms with van der Waals surface area (Å²) >= 11 is 0. The standard InChI is InChI=1S/C37H59NO12/c1-8-18(3)30(42)49-29-27(41)26-20(16-38-15-17(2)9-10-24(38)34(26,7)45)21-14-35-28(36(21,29)46)22(40)13-23-32(35,5)12-11-25(37(23,47)50-35)48-31(43)33(6,44)19(4)39/h17-29,39-41,44-47H,8-16H2,1-7H3/t17-,18+,19+,20-,21-,22+,23-,24-,25-,26+,27+,28+,29-,32-,33+,34+,35+,36-,37-/m0/s1. The van der Waals surface area contributed by atoms with Gasteiger partial charge in [0.15, 0.2) is 17.8 Å². The number of hydrogen-bond donors (Lipinski definition) is 7. The molecule has 4 aliphatic carbocycles. The SMILES string of the molecule is CC[C@@H](C)C(=O)O[C@H]1[C@H](O)[C@H]2[C@@H](CN3C[C@@H](C)CC[C@H]3[C@@]2(C)O)[C@@H]2C[C@]34O[C@]5(O)[C@@H](OC(=O)[C@](C)(O)[C@@H](C)O)CC[C@@]3(C)[C@@H]5C[C@@H](O)[C@H]4[C@@]21O. The molecule has 13 nitrogen and oxygen atoms in total. The number of esters is 2. The number of fused-ring (bicyclic) bond motifs is 5. The van der Waals surface area contributed by atoms with Gasteiger partial charge in [-0.15, -0.1) is 0 Å². The van der Waals surface area contributed by atoms with E-state index < -0.39 is 112 Å². The van der Waals surface area contributed by atoms with Gasteiger partial charge in [-0.25, -0.2) is 4.79 Å². The molecular weight excluding hydrogens is 650 g/mol. The van der Waals surface area contributed by atoms with Gasteiger partial charge in [0.1, 0.15) is 5.60 Å². The molecule has 0 aromatic rings. The van der Waals surface area contributed by atoms with Crippen LogP contribution >= 0.6 is 0 Å². The first-order valence-electron chi connectivity index (χ1n) is 18.9. The Labute approximate surface area is 294 Å². The number of hydrogen-bond acceptors (Lipinski definition) is 13. The van der Waals surface area contributed by atoms with Crippen LogP contribution in [0.5, 0.6) is 0 Å². The monoisotopic (exact) mass is 709 g/mol. The van der Waals surface area contributed by atoms with Gasteiger partial charge in [-0.1, -0.05) is 27.7 Å². The van der Waals surface area contributed by atoms with E-state index in [1.54, 1.807) is 13.8 Å². The van der Waals surface area contributed by atoms with Crippen LogP contribution in [0, 0.1) is 46.8 Å². The summed E-state index contributed by atoms with van der Waals surface area (Å²) in [4.78, 5) is 28.9. The quantitative estimate of drug-likeness (QED) is 0.188. The lowest BCUT2D eigenvalue weighted by Gasteiger charge is -2.64. The van der Waals surface area contributed by atoms with E-state index in [0.717, 1.165) is 26.3 Å². The Hall–Kier alpha value is -1.42. The molecule has 0 aromatic heterocycles. The molecule has 50 heavy (non-hydrogen) atoms. The summed E-state index contributed by atoms with van der Waals surface area (Å²) in [5, 5.41) is 83.5. The molecule has 1 spiro atoms. The van der Waals surface area contributed by atoms with Crippen LogP contribution in [0.1, 0.15) is 93.4 Å². The van der Waals surface area contributed by atoms with Crippen LogP contribution in [0.2, 0.25) is 0 Å². The van der Waals surface area contributed by atoms with Crippen molar-refractivity contribution in [2.45, 2.75) is 158 Å². The molecule has 3 heterocycles. The van der Waals surface area contributed by atoms with Crippen molar-refractivity contribution in [3.05, 3.63) is 0 Å². The van der Waals surface area contributed by atoms with Crippen LogP contribution in [-0.4, -0.2) is 130 Å². The first kappa shape index (κ1) is 36.9. The summed E-state index contributed by atoms with van der Waals surface area (Å²) in [5.74, 6) is -7.78. The van der Waals surface area contributed by atoms with Gasteiger partial charge in [-0.2, -0.15) is 0 Å². The minimum Gasteiger partial charge on any atom is -0.456 e. The molecule has 3 saturated heterocycles. The van der Waals surface area contributed by atoms with Gasteiger partial charge < -0.3 is 50.0 Å². The summed E-state index contributed by atoms with van der Waals surface area (Å²) in [6.07, 6.45) is -4.15. The molecule has 0 radical (unpaired) electrons. The Kier molecular flexibility index (Phi) is 8.52. The highest BCUT2D eigenvalue weighted by molar-refractivity contribution is 5.79. The second-order valence-corrected chi connectivity index (χ2v) is 18.2. The van der Waals surface area contributed by atoms with Gasteiger partial charge in [-0.05, 0) is 83.5 Å². The summed E-state index contributed by atoms with van der Waals surface area (Å²) in [6, 6.07) is -0.238. The van der Waals surface area contributed by atoms with Crippen molar-refractivity contribution in [2.75, 3.05) is 13.1 Å². The highest BCUT2D eigenvalue weighted by Gasteiger charge is 2.87. The lowest BCUT2D eigenvalue weighted by molar-refractivity contribution is -0.300. The van der Waals surface area contributed by atoms with Crippen molar-refractivity contribution in [2.24, 2.45) is 46.8 Å². The second-order valence-electron chi connectivity index (χ2n) is 18.2. The van der Waals surface area contributed by atoms with Gasteiger partial charge in [0.25, 0.3) is 0 Å². The van der Waals surface area contributed by atoms with Crippen molar-refractivity contribution >= 4 is 11.9 Å². The maximum absolute atomic E-state index is 13.5. The van der Waals surface area contributed by atoms with E-state index in [9.17, 15) is 45.3 Å². The van der Waals surface area contributed by atoms with Crippen LogP contribution < -0.4 is 0 Å². The molecule has 0 aromatic carbocycles. The number of nitrogens with zero attached hydrogens (tertiary/aromatic N) is 1. The number of rotatable bonds is 6. The van der Waals surface area contributed by atoms with Crippen molar-refractivity contribution in [1.82, 2.24) is 4.90 Å². The van der Waals surface area contributed by atoms with E-state index in [2.05, 4.69) is 11.8 Å². The van der Waals surface area contributed by atoms with E-state index in [4.69, 9.17) is 14.2 Å². The van der Waals surface area contributed by atoms with Crippen LogP contribution in [0.25, 0.3) is 0 Å². The Morgan fingerprint density at radius 2 is 1.74 bits per heavy atom. The zero-order valence-electron chi connectivity index (χ0n) is 30.5. The predicted octanol–water partition coefficient (Wildman–Crippen LogP) is 0.466. The van der Waals surface area contributed by atoms with Crippen LogP contribution in [0.15, 0.2) is 0 Å². The maximum Gasteiger partial charge on any atom is 0.341 e. The Morgan fingerprint density at radius 3 is 2.38 bits per heavy atom. The highest BCUT2D eigenvalue weighted by Crippen LogP contribution is 2.77. The molecule has 3 aliphatic heterocycles. The van der Waals surface area contributed by atoms with Gasteiger partial charge in [-0.3, -0.25) is 9.69 Å². The van der Waals surface area contributed by atoms with E-state index in [1.165, 1.54) is 6.92 Å². The summed E-state index contributed by atoms with van der Waals surface area (Å²) < 4.78 is 18.7. The molecule has 13 heteroatoms. The van der Waals surface area contributed by atoms with Crippen molar-refractivity contribution in [3.63, 3.8) is 0 Å². The maximum atomic E-state index is 13.5. The number of aliphatic hydroxyl groups excluding tert-OH is 3. The largest absolute Gasteiger partial charge is 0.456 e. The van der Waals surface area contributed by atoms with Crippen LogP contribution in [-0.2, 0) is 23.8 Å². The molecule has 284 valence electrons. The van der Waals surface area contributed by atoms with E-state index >= 15 is 0 Å². The third-order valence-electron chi connectivity index (χ3n) is 15.5. The lowest BCUT2D eigenvalue weighted by atomic mass is 9.49. The topological polar surface area (TPSA) is 207 Å². The first-order chi connectivity index (χ1) is 23.1. The molecule has 19 atom stereocenters. The zero-order valence-corrected chi connectivity index (χ0v) is 30.5. The van der Waals surface area contributed by atoms with Crippen molar-refractivity contribution in [3.8, 4) is 0 Å². The predicted molar refractivity (Wildman–Crippen MR) is 176 cm³/mol. The average molecular weight is 710 g/mol. The summed E-state index contributed by atoms with van der Waals surface area (Å²) in [6.45, 7) is 13.1. The second kappa shape index (κ2) is 11.5. The molecule has 0 amide bonds. The highest BCUT2D eigenvalue weighted by atomic mass is 16.7. The van der Waals surface area contributed by atoms with E-state index in [1.807, 2.05) is 13.8 Å². The fraction of sp³-hybridized carbons (Fsp3) is 0.946. The molecular formula is C37H59NO12. The lowest BCUT2D eigenvalue weighted by Crippen LogP contribution is -2.77. The van der Waals surface area contributed by atoms with Gasteiger partial charge in [0.05, 0.1) is 35.4 Å². The zero-order chi connectivity index (χ0) is 36.7. The average Bonchev–Trinajstić information content (AvgIpc) is 3.31. The minimum atomic E-state index is -2.25. The molecule has 7 rings (SSSR count). The number of aliphatic hydroxyl groups is 7. The van der Waals surface area contributed by atoms with Gasteiger partial charge >= 0.3 is 11.9 Å². The van der Waals surface area contributed by atoms with E-state index in [-0.39, 0.29) is 25.3 Å². The van der Waals surface area contributed by atoms with Gasteiger partial charge in [0, 0.05) is 42.3 Å². The van der Waals surface area contributed by atoms with E-state index in [0.29, 0.717) is 25.3 Å².